The second-order valence-corrected chi connectivity index (χ2v) is 8.43. The first-order chi connectivity index (χ1) is 14.9. The van der Waals surface area contributed by atoms with Crippen LogP contribution in [0.25, 0.3) is 0 Å². The fraction of sp³-hybridized carbons (Fsp3) is 0.435. The van der Waals surface area contributed by atoms with Gasteiger partial charge < -0.3 is 9.84 Å². The number of amides is 2. The number of aromatic nitrogens is 1. The molecule has 0 bridgehead atoms. The molecule has 31 heavy (non-hydrogen) atoms. The van der Waals surface area contributed by atoms with Crippen molar-refractivity contribution in [1.82, 2.24) is 14.8 Å². The molecule has 3 heterocycles. The summed E-state index contributed by atoms with van der Waals surface area (Å²) in [6.07, 6.45) is 0.676. The molecular formula is C23H28N4O4. The minimum absolute atomic E-state index is 0.128. The van der Waals surface area contributed by atoms with E-state index in [2.05, 4.69) is 48.0 Å². The maximum absolute atomic E-state index is 12.2. The number of likely N-dealkylation sites (tertiary alicyclic amines) is 1. The molecule has 0 atom stereocenters. The third-order valence-electron chi connectivity index (χ3n) is 5.77. The molecule has 1 aromatic carbocycles. The zero-order chi connectivity index (χ0) is 22.0. The predicted octanol–water partition coefficient (Wildman–Crippen LogP) is 2.79. The number of benzene rings is 1. The lowest BCUT2D eigenvalue weighted by Crippen LogP contribution is -2.53. The van der Waals surface area contributed by atoms with Gasteiger partial charge >= 0.3 is 6.09 Å². The van der Waals surface area contributed by atoms with E-state index >= 15 is 0 Å². The number of hydrogen-bond donors (Lipinski definition) is 1. The number of piperazine rings is 1. The van der Waals surface area contributed by atoms with Crippen LogP contribution < -0.4 is 9.64 Å². The summed E-state index contributed by atoms with van der Waals surface area (Å²) in [5.74, 6) is 1.46. The normalized spacial score (nSPS) is 17.7. The number of ether oxygens (including phenoxy) is 1. The molecule has 0 spiro atoms. The minimum Gasteiger partial charge on any atom is -0.486 e. The van der Waals surface area contributed by atoms with Gasteiger partial charge in [-0.25, -0.2) is 9.78 Å². The number of anilines is 1. The second-order valence-electron chi connectivity index (χ2n) is 8.43. The van der Waals surface area contributed by atoms with Crippen molar-refractivity contribution in [3.63, 3.8) is 0 Å². The van der Waals surface area contributed by atoms with Crippen molar-refractivity contribution in [1.29, 1.82) is 0 Å². The van der Waals surface area contributed by atoms with Crippen LogP contribution in [0.2, 0.25) is 0 Å². The van der Waals surface area contributed by atoms with E-state index in [4.69, 9.17) is 9.84 Å². The van der Waals surface area contributed by atoms with Gasteiger partial charge in [0, 0.05) is 32.7 Å². The van der Waals surface area contributed by atoms with E-state index in [1.165, 1.54) is 16.0 Å². The second kappa shape index (κ2) is 8.93. The molecule has 2 aliphatic rings. The fourth-order valence-electron chi connectivity index (χ4n) is 3.87. The van der Waals surface area contributed by atoms with Crippen LogP contribution >= 0.6 is 0 Å². The number of pyridine rings is 1. The van der Waals surface area contributed by atoms with Crippen LogP contribution in [-0.4, -0.2) is 70.7 Å². The monoisotopic (exact) mass is 424 g/mol. The van der Waals surface area contributed by atoms with Crippen molar-refractivity contribution in [2.24, 2.45) is 0 Å². The molecule has 8 heteroatoms. The highest BCUT2D eigenvalue weighted by atomic mass is 16.5. The molecule has 4 rings (SSSR count). The number of carboxylic acid groups (broad SMARTS) is 1. The Balaban J connectivity index is 1.24. The standard InChI is InChI=1S/C23H28N4O4/c1-16(2)18-5-3-17(4-6-18)12-25-13-20(14-25)31-19-7-8-21(24-11-19)27-10-9-26(23(29)30)15-22(27)28/h3-8,11,16,20H,9-10,12-15H2,1-2H3,(H,29,30). The van der Waals surface area contributed by atoms with Crippen LogP contribution in [-0.2, 0) is 11.3 Å². The summed E-state index contributed by atoms with van der Waals surface area (Å²) in [5, 5.41) is 9.01. The van der Waals surface area contributed by atoms with Crippen molar-refractivity contribution >= 4 is 17.8 Å². The summed E-state index contributed by atoms with van der Waals surface area (Å²) < 4.78 is 5.99. The maximum Gasteiger partial charge on any atom is 0.407 e. The fourth-order valence-corrected chi connectivity index (χ4v) is 3.87. The van der Waals surface area contributed by atoms with E-state index in [1.807, 2.05) is 6.07 Å². The Morgan fingerprint density at radius 2 is 1.90 bits per heavy atom. The van der Waals surface area contributed by atoms with Crippen molar-refractivity contribution in [3.8, 4) is 5.75 Å². The zero-order valence-corrected chi connectivity index (χ0v) is 17.9. The van der Waals surface area contributed by atoms with Crippen LogP contribution in [0.3, 0.4) is 0 Å². The largest absolute Gasteiger partial charge is 0.486 e. The minimum atomic E-state index is -1.08. The van der Waals surface area contributed by atoms with Crippen molar-refractivity contribution in [2.75, 3.05) is 37.6 Å². The summed E-state index contributed by atoms with van der Waals surface area (Å²) >= 11 is 0. The average molecular weight is 425 g/mol. The zero-order valence-electron chi connectivity index (χ0n) is 17.9. The molecule has 2 aliphatic heterocycles. The molecule has 0 saturated carbocycles. The van der Waals surface area contributed by atoms with Gasteiger partial charge in [-0.3, -0.25) is 19.5 Å². The first kappa shape index (κ1) is 21.1. The van der Waals surface area contributed by atoms with E-state index < -0.39 is 6.09 Å². The Morgan fingerprint density at radius 1 is 1.16 bits per heavy atom. The molecule has 2 fully saturated rings. The van der Waals surface area contributed by atoms with Crippen LogP contribution in [0, 0.1) is 0 Å². The highest BCUT2D eigenvalue weighted by molar-refractivity contribution is 5.96. The highest BCUT2D eigenvalue weighted by Gasteiger charge is 2.30. The van der Waals surface area contributed by atoms with Crippen LogP contribution in [0.4, 0.5) is 10.6 Å². The highest BCUT2D eigenvalue weighted by Crippen LogP contribution is 2.23. The summed E-state index contributed by atoms with van der Waals surface area (Å²) in [6, 6.07) is 12.4. The molecular weight excluding hydrogens is 396 g/mol. The summed E-state index contributed by atoms with van der Waals surface area (Å²) in [5.41, 5.74) is 2.66. The van der Waals surface area contributed by atoms with Crippen LogP contribution in [0.15, 0.2) is 42.6 Å². The lowest BCUT2D eigenvalue weighted by Gasteiger charge is -2.39. The van der Waals surface area contributed by atoms with E-state index in [9.17, 15) is 9.59 Å². The maximum atomic E-state index is 12.2. The first-order valence-electron chi connectivity index (χ1n) is 10.6. The first-order valence-corrected chi connectivity index (χ1v) is 10.6. The number of rotatable bonds is 6. The van der Waals surface area contributed by atoms with E-state index in [1.54, 1.807) is 12.3 Å². The molecule has 2 saturated heterocycles. The van der Waals surface area contributed by atoms with Crippen molar-refractivity contribution in [2.45, 2.75) is 32.4 Å². The van der Waals surface area contributed by atoms with Crippen LogP contribution in [0.5, 0.6) is 5.75 Å². The molecule has 164 valence electrons. The van der Waals surface area contributed by atoms with Gasteiger partial charge in [0.1, 0.15) is 24.2 Å². The third-order valence-corrected chi connectivity index (χ3v) is 5.77. The Hall–Kier alpha value is -3.13. The predicted molar refractivity (Wildman–Crippen MR) is 116 cm³/mol. The van der Waals surface area contributed by atoms with Gasteiger partial charge in [0.25, 0.3) is 0 Å². The van der Waals surface area contributed by atoms with Crippen molar-refractivity contribution in [3.05, 3.63) is 53.7 Å². The number of carbonyl (C=O) groups is 2. The van der Waals surface area contributed by atoms with Crippen LogP contribution in [0.1, 0.15) is 30.9 Å². The number of hydrogen-bond acceptors (Lipinski definition) is 5. The summed E-state index contributed by atoms with van der Waals surface area (Å²) in [6.45, 7) is 7.48. The molecule has 8 nitrogen and oxygen atoms in total. The van der Waals surface area contributed by atoms with Gasteiger partial charge in [0.15, 0.2) is 0 Å². The molecule has 1 aromatic heterocycles. The molecule has 0 aliphatic carbocycles. The van der Waals surface area contributed by atoms with Gasteiger partial charge in [0.05, 0.1) is 6.20 Å². The summed E-state index contributed by atoms with van der Waals surface area (Å²) in [7, 11) is 0. The Kier molecular flexibility index (Phi) is 6.08. The topological polar surface area (TPSA) is 86.2 Å². The van der Waals surface area contributed by atoms with Gasteiger partial charge in [0.2, 0.25) is 5.91 Å². The average Bonchev–Trinajstić information content (AvgIpc) is 2.73. The number of carbonyl (C=O) groups excluding carboxylic acids is 1. The van der Waals surface area contributed by atoms with E-state index in [0.29, 0.717) is 24.0 Å². The third kappa shape index (κ3) is 4.96. The molecule has 1 N–H and O–H groups in total. The quantitative estimate of drug-likeness (QED) is 0.768. The number of nitrogens with zero attached hydrogens (tertiary/aromatic N) is 4. The Bertz CT molecular complexity index is 924. The van der Waals surface area contributed by atoms with E-state index in [-0.39, 0.29) is 25.1 Å². The smallest absolute Gasteiger partial charge is 0.407 e. The lowest BCUT2D eigenvalue weighted by molar-refractivity contribution is -0.120. The van der Waals surface area contributed by atoms with Gasteiger partial charge in [-0.05, 0) is 29.2 Å². The van der Waals surface area contributed by atoms with Gasteiger partial charge in [-0.1, -0.05) is 38.1 Å². The molecule has 2 amide bonds. The van der Waals surface area contributed by atoms with Gasteiger partial charge in [-0.15, -0.1) is 0 Å². The summed E-state index contributed by atoms with van der Waals surface area (Å²) in [4.78, 5) is 32.5. The Morgan fingerprint density at radius 3 is 2.48 bits per heavy atom. The van der Waals surface area contributed by atoms with Crippen molar-refractivity contribution < 1.29 is 19.4 Å². The lowest BCUT2D eigenvalue weighted by atomic mass is 10.0. The van der Waals surface area contributed by atoms with Gasteiger partial charge in [-0.2, -0.15) is 0 Å². The van der Waals surface area contributed by atoms with E-state index in [0.717, 1.165) is 24.5 Å². The molecule has 0 radical (unpaired) electrons. The molecule has 0 unspecified atom stereocenters. The molecule has 2 aromatic rings. The SMILES string of the molecule is CC(C)c1ccc(CN2CC(Oc3ccc(N4CCN(C(=O)O)CC4=O)nc3)C2)cc1. The Labute approximate surface area is 182 Å².